The molecule has 6 heterocycles. The summed E-state index contributed by atoms with van der Waals surface area (Å²) >= 11 is 0. The lowest BCUT2D eigenvalue weighted by Gasteiger charge is -2.25. The molecule has 582 valence electrons. The van der Waals surface area contributed by atoms with Crippen molar-refractivity contribution in [2.24, 2.45) is 53.1 Å². The van der Waals surface area contributed by atoms with Crippen LogP contribution in [0.4, 0.5) is 0 Å². The van der Waals surface area contributed by atoms with Gasteiger partial charge in [0.25, 0.3) is 0 Å². The molecule has 0 bridgehead atoms. The van der Waals surface area contributed by atoms with Gasteiger partial charge in [-0.15, -0.1) is 0 Å². The minimum absolute atomic E-state index is 0.410. The van der Waals surface area contributed by atoms with Crippen LogP contribution in [0.25, 0.3) is 67.5 Å². The van der Waals surface area contributed by atoms with Crippen LogP contribution in [0.2, 0.25) is 58.9 Å². The molecule has 6 aromatic carbocycles. The highest BCUT2D eigenvalue weighted by Crippen LogP contribution is 2.30. The van der Waals surface area contributed by atoms with Crippen molar-refractivity contribution in [1.29, 1.82) is 0 Å². The maximum absolute atomic E-state index is 8.90. The third kappa shape index (κ3) is 24.9. The fourth-order valence-corrected chi connectivity index (χ4v) is 18.4. The van der Waals surface area contributed by atoms with Crippen LogP contribution in [0.3, 0.4) is 0 Å². The lowest BCUT2D eigenvalue weighted by molar-refractivity contribution is -0.661. The summed E-state index contributed by atoms with van der Waals surface area (Å²) < 4.78 is 70.3. The Labute approximate surface area is 686 Å². The van der Waals surface area contributed by atoms with Gasteiger partial charge in [0.1, 0.15) is 42.3 Å². The van der Waals surface area contributed by atoms with Crippen LogP contribution in [-0.2, 0) is 55.0 Å². The molecule has 0 aliphatic rings. The van der Waals surface area contributed by atoms with E-state index in [0.29, 0.717) is 5.56 Å². The van der Waals surface area contributed by atoms with Crippen molar-refractivity contribution >= 4 is 39.8 Å². The summed E-state index contributed by atoms with van der Waals surface area (Å²) in [5.74, 6) is 0. The van der Waals surface area contributed by atoms with Gasteiger partial charge in [-0.2, -0.15) is 0 Å². The van der Waals surface area contributed by atoms with Crippen molar-refractivity contribution in [1.82, 2.24) is 0 Å². The summed E-state index contributed by atoms with van der Waals surface area (Å²) in [6, 6.07) is 67.8. The fourth-order valence-electron chi connectivity index (χ4n) is 13.8. The zero-order valence-electron chi connectivity index (χ0n) is 80.6. The molecule has 6 nitrogen and oxygen atoms in total. The predicted molar refractivity (Wildman–Crippen MR) is 486 cm³/mol. The summed E-state index contributed by atoms with van der Waals surface area (Å²) in [4.78, 5) is 0. The lowest BCUT2D eigenvalue weighted by atomic mass is 9.87. The van der Waals surface area contributed by atoms with Gasteiger partial charge in [0.05, 0.1) is 24.2 Å². The molecule has 12 aromatic rings. The average Bonchev–Trinajstić information content (AvgIpc) is 0.749. The standard InChI is InChI=1S/C21H32NSi.C19H26N.C17H24NSi.C16H22NSi.C15H18N.C14H16N/c1-16-11-9-10-12-18(16)19-13-17(14-21(2,3)4)20(15-22(19)5)23(6,7)8;1-14-9-7-8-10-17(14)18-11-15(2)16(13-20(18)6)12-19(3,4)5;1-13-9-7-8-10-15(13)16-11-14(2)17(12-18(16)3)19(4,5)6;1-13-8-6-7-9-15(13)16-11-10-14(12-17(16)2)18(3,4)5;1-11-7-5-6-8-14(11)15-9-12(2)13(3)10-16(15)4;1-11-8-9-15(3)14(10-11)13-7-5-4-6-12(13)2/h9-13,15H,14H2,1-8H3;7-11,13H,12H2,1-6H3;7-12H,1-6H3;6-12H,1-5H3;5-10H,1-4H3;4-10H,1-3H3/q6*+1/i14D2;12D2;;;3D3;. The highest BCUT2D eigenvalue weighted by Gasteiger charge is 2.30. The number of nitrogens with zero attached hydrogens (tertiary/aromatic N) is 6. The first kappa shape index (κ1) is 78.6. The molecule has 12 rings (SSSR count). The van der Waals surface area contributed by atoms with E-state index in [0.717, 1.165) is 50.5 Å². The highest BCUT2D eigenvalue weighted by molar-refractivity contribution is 6.89. The van der Waals surface area contributed by atoms with Gasteiger partial charge in [-0.05, 0) is 197 Å². The minimum atomic E-state index is -2.06. The summed E-state index contributed by atoms with van der Waals surface area (Å²) in [5, 5.41) is 4.25. The van der Waals surface area contributed by atoms with Crippen LogP contribution in [-0.4, -0.2) is 24.2 Å². The first-order valence-electron chi connectivity index (χ1n) is 42.9. The van der Waals surface area contributed by atoms with Gasteiger partial charge >= 0.3 is 0 Å². The molecule has 0 saturated carbocycles. The lowest BCUT2D eigenvalue weighted by Crippen LogP contribution is -2.47. The Morgan fingerprint density at radius 1 is 0.279 bits per heavy atom. The van der Waals surface area contributed by atoms with E-state index in [1.54, 1.807) is 11.4 Å². The Bertz CT molecular complexity index is 5400. The summed E-state index contributed by atoms with van der Waals surface area (Å²) in [5.41, 5.74) is 27.8. The van der Waals surface area contributed by atoms with Gasteiger partial charge in [0, 0.05) is 112 Å². The van der Waals surface area contributed by atoms with E-state index in [1.807, 2.05) is 127 Å². The van der Waals surface area contributed by atoms with E-state index >= 15 is 0 Å². The van der Waals surface area contributed by atoms with E-state index in [-0.39, 0.29) is 0 Å². The van der Waals surface area contributed by atoms with Gasteiger partial charge in [0.15, 0.2) is 37.2 Å². The van der Waals surface area contributed by atoms with Crippen molar-refractivity contribution in [3.8, 4) is 67.5 Å². The molecule has 111 heavy (non-hydrogen) atoms. The normalized spacial score (nSPS) is 12.8. The second-order valence-electron chi connectivity index (χ2n) is 35.7. The van der Waals surface area contributed by atoms with Crippen LogP contribution < -0.4 is 43.0 Å². The number of hydrogen-bond acceptors (Lipinski definition) is 0. The number of hydrogen-bond donors (Lipinski definition) is 0. The SMILES string of the molecule is Cc1cc[n+](C)c(-c2ccccc2C)c1.Cc1ccccc1-c1cc(C)c([Si](C)(C)C)c[n+]1C.Cc1ccccc1-c1ccc([Si](C)(C)C)c[n+]1C.[2H]C([2H])([2H])c1c[n+](C)c(-c2ccccc2C)cc1C.[2H]C([2H])(c1c[n+](C)c(-c2ccccc2C)cc1C)C(C)(C)C.[2H]C([2H])(c1cc(-c2ccccc2C)[n+](C)cc1[Si](C)(C)C)C(C)(C)C. The highest BCUT2D eigenvalue weighted by atomic mass is 28.3. The van der Waals surface area contributed by atoms with Gasteiger partial charge in [-0.3, -0.25) is 0 Å². The van der Waals surface area contributed by atoms with E-state index in [1.165, 1.54) is 94.2 Å². The van der Waals surface area contributed by atoms with Crippen LogP contribution in [0.5, 0.6) is 0 Å². The second kappa shape index (κ2) is 37.9. The second-order valence-corrected chi connectivity index (χ2v) is 50.9. The van der Waals surface area contributed by atoms with Crippen molar-refractivity contribution in [2.45, 2.75) is 189 Å². The maximum Gasteiger partial charge on any atom is 0.212 e. The average molecular weight is 1540 g/mol. The van der Waals surface area contributed by atoms with Gasteiger partial charge in [-0.1, -0.05) is 216 Å². The van der Waals surface area contributed by atoms with Crippen molar-refractivity contribution < 1.29 is 37.0 Å². The molecular formula is C102H138N6Si3+6. The van der Waals surface area contributed by atoms with E-state index in [9.17, 15) is 0 Å². The first-order valence-corrected chi connectivity index (χ1v) is 49.9. The molecule has 0 N–H and O–H groups in total. The van der Waals surface area contributed by atoms with Crippen LogP contribution in [0.1, 0.15) is 123 Å². The molecule has 0 spiro atoms. The Hall–Kier alpha value is -9.13. The Morgan fingerprint density at radius 3 is 0.955 bits per heavy atom. The largest absolute Gasteiger partial charge is 0.212 e. The van der Waals surface area contributed by atoms with Crippen molar-refractivity contribution in [3.63, 3.8) is 0 Å². The Kier molecular flexibility index (Phi) is 26.8. The molecule has 0 amide bonds. The summed E-state index contributed by atoms with van der Waals surface area (Å²) in [7, 11) is 8.15. The summed E-state index contributed by atoms with van der Waals surface area (Å²) in [6.07, 6.45) is 9.81. The molecule has 0 atom stereocenters. The van der Waals surface area contributed by atoms with Crippen LogP contribution >= 0.6 is 0 Å². The molecule has 6 aromatic heterocycles. The molecule has 0 aliphatic heterocycles. The van der Waals surface area contributed by atoms with Gasteiger partial charge in [0.2, 0.25) is 34.2 Å². The third-order valence-electron chi connectivity index (χ3n) is 20.2. The first-order chi connectivity index (χ1) is 54.5. The topological polar surface area (TPSA) is 23.3 Å². The Morgan fingerprint density at radius 2 is 0.595 bits per heavy atom. The van der Waals surface area contributed by atoms with Crippen molar-refractivity contribution in [2.75, 3.05) is 0 Å². The number of aromatic nitrogens is 6. The molecular weight excluding hydrogens is 1390 g/mol. The minimum Gasteiger partial charge on any atom is -0.201 e. The quantitative estimate of drug-likeness (QED) is 0.0910. The number of aryl methyl sites for hydroxylation is 17. The monoisotopic (exact) mass is 1540 g/mol. The van der Waals surface area contributed by atoms with Gasteiger partial charge < -0.3 is 0 Å². The molecule has 0 aliphatic carbocycles. The number of pyridine rings is 6. The molecule has 0 saturated heterocycles. The van der Waals surface area contributed by atoms with E-state index < -0.39 is 54.6 Å². The zero-order chi connectivity index (χ0) is 88.5. The van der Waals surface area contributed by atoms with E-state index in [4.69, 9.17) is 9.60 Å². The molecule has 0 fully saturated rings. The molecule has 9 heteroatoms. The van der Waals surface area contributed by atoms with E-state index in [2.05, 4.69) is 337 Å². The maximum atomic E-state index is 8.90. The molecule has 0 unspecified atom stereocenters. The summed E-state index contributed by atoms with van der Waals surface area (Å²) in [6.45, 7) is 52.0. The zero-order valence-corrected chi connectivity index (χ0v) is 76.6. The third-order valence-corrected chi connectivity index (χ3v) is 26.4. The Balaban J connectivity index is 0.000000197. The number of benzene rings is 6. The van der Waals surface area contributed by atoms with Gasteiger partial charge in [-0.25, -0.2) is 27.4 Å². The van der Waals surface area contributed by atoms with Crippen LogP contribution in [0, 0.1) is 86.9 Å². The number of rotatable bonds is 11. The molecule has 0 radical (unpaired) electrons. The van der Waals surface area contributed by atoms with Crippen molar-refractivity contribution in [3.05, 3.63) is 304 Å². The smallest absolute Gasteiger partial charge is 0.201 e. The fraction of sp³-hybridized carbons (Fsp3) is 0.353. The predicted octanol–water partition coefficient (Wildman–Crippen LogP) is 21.3. The van der Waals surface area contributed by atoms with Crippen LogP contribution in [0.15, 0.2) is 231 Å².